The molecule has 0 unspecified atom stereocenters. The molecule has 0 atom stereocenters. The van der Waals surface area contributed by atoms with Gasteiger partial charge in [-0.3, -0.25) is 4.79 Å². The fourth-order valence-electron chi connectivity index (χ4n) is 1.50. The molecule has 0 aromatic heterocycles. The second kappa shape index (κ2) is 6.59. The van der Waals surface area contributed by atoms with E-state index in [1.54, 1.807) is 18.2 Å². The van der Waals surface area contributed by atoms with Crippen LogP contribution in [-0.4, -0.2) is 12.5 Å². The lowest BCUT2D eigenvalue weighted by Crippen LogP contribution is -2.20. The number of hydrogen-bond donors (Lipinski definition) is 1. The summed E-state index contributed by atoms with van der Waals surface area (Å²) in [6.07, 6.45) is 0. The maximum Gasteiger partial charge on any atom is 0.262 e. The molecule has 20 heavy (non-hydrogen) atoms. The first-order chi connectivity index (χ1) is 9.52. The molecule has 104 valence electrons. The van der Waals surface area contributed by atoms with E-state index < -0.39 is 0 Å². The molecule has 0 aliphatic carbocycles. The number of ether oxygens (including phenoxy) is 1. The zero-order valence-corrected chi connectivity index (χ0v) is 11.7. The van der Waals surface area contributed by atoms with Crippen molar-refractivity contribution in [3.8, 4) is 5.75 Å². The molecule has 1 amide bonds. The molecule has 0 fully saturated rings. The number of nitrogens with one attached hydrogen (secondary N) is 1. The summed E-state index contributed by atoms with van der Waals surface area (Å²) in [5.41, 5.74) is 0.482. The zero-order valence-electron chi connectivity index (χ0n) is 10.2. The Balaban J connectivity index is 1.90. The van der Waals surface area contributed by atoms with E-state index >= 15 is 0 Å². The number of rotatable bonds is 4. The second-order valence-electron chi connectivity index (χ2n) is 3.95. The summed E-state index contributed by atoms with van der Waals surface area (Å²) in [6, 6.07) is 10.1. The quantitative estimate of drug-likeness (QED) is 0.920. The van der Waals surface area contributed by atoms with Crippen LogP contribution in [0.2, 0.25) is 10.0 Å². The van der Waals surface area contributed by atoms with Gasteiger partial charge in [0.25, 0.3) is 5.91 Å². The molecule has 0 heterocycles. The van der Waals surface area contributed by atoms with Gasteiger partial charge >= 0.3 is 0 Å². The topological polar surface area (TPSA) is 38.3 Å². The fourth-order valence-corrected chi connectivity index (χ4v) is 2.03. The fraction of sp³-hybridized carbons (Fsp3) is 0.0714. The van der Waals surface area contributed by atoms with Crippen molar-refractivity contribution >= 4 is 34.8 Å². The van der Waals surface area contributed by atoms with Crippen LogP contribution in [-0.2, 0) is 4.79 Å². The van der Waals surface area contributed by atoms with Crippen molar-refractivity contribution in [3.63, 3.8) is 0 Å². The van der Waals surface area contributed by atoms with Gasteiger partial charge in [-0.25, -0.2) is 4.39 Å². The van der Waals surface area contributed by atoms with Gasteiger partial charge < -0.3 is 10.1 Å². The average molecular weight is 314 g/mol. The van der Waals surface area contributed by atoms with Crippen molar-refractivity contribution in [3.05, 3.63) is 58.3 Å². The summed E-state index contributed by atoms with van der Waals surface area (Å²) >= 11 is 11.6. The maximum atomic E-state index is 12.7. The van der Waals surface area contributed by atoms with E-state index in [1.807, 2.05) is 0 Å². The smallest absolute Gasteiger partial charge is 0.262 e. The number of carbonyl (C=O) groups is 1. The first kappa shape index (κ1) is 14.6. The molecule has 2 rings (SSSR count). The molecule has 2 aromatic carbocycles. The predicted molar refractivity (Wildman–Crippen MR) is 77.0 cm³/mol. The Kier molecular flexibility index (Phi) is 4.82. The van der Waals surface area contributed by atoms with Crippen molar-refractivity contribution in [2.45, 2.75) is 0 Å². The summed E-state index contributed by atoms with van der Waals surface area (Å²) in [7, 11) is 0. The summed E-state index contributed by atoms with van der Waals surface area (Å²) in [5, 5.41) is 3.45. The van der Waals surface area contributed by atoms with Gasteiger partial charge in [0.1, 0.15) is 11.6 Å². The molecule has 6 heteroatoms. The minimum absolute atomic E-state index is 0.199. The van der Waals surface area contributed by atoms with Crippen LogP contribution in [0.3, 0.4) is 0 Å². The van der Waals surface area contributed by atoms with Gasteiger partial charge in [0, 0.05) is 15.7 Å². The number of anilines is 1. The molecule has 0 saturated heterocycles. The Hall–Kier alpha value is -1.78. The minimum Gasteiger partial charge on any atom is -0.484 e. The highest BCUT2D eigenvalue weighted by Crippen LogP contribution is 2.22. The van der Waals surface area contributed by atoms with Gasteiger partial charge in [-0.15, -0.1) is 0 Å². The molecule has 0 aliphatic rings. The minimum atomic E-state index is -0.368. The van der Waals surface area contributed by atoms with Crippen molar-refractivity contribution in [1.29, 1.82) is 0 Å². The monoisotopic (exact) mass is 313 g/mol. The third-order valence-electron chi connectivity index (χ3n) is 2.33. The van der Waals surface area contributed by atoms with Crippen LogP contribution in [0, 0.1) is 5.82 Å². The first-order valence-corrected chi connectivity index (χ1v) is 6.43. The predicted octanol–water partition coefficient (Wildman–Crippen LogP) is 4.15. The van der Waals surface area contributed by atoms with Crippen LogP contribution in [0.1, 0.15) is 0 Å². The third-order valence-corrected chi connectivity index (χ3v) is 2.77. The molecular formula is C14H10Cl2FNO2. The van der Waals surface area contributed by atoms with Gasteiger partial charge in [0.15, 0.2) is 6.61 Å². The largest absolute Gasteiger partial charge is 0.484 e. The zero-order chi connectivity index (χ0) is 14.5. The van der Waals surface area contributed by atoms with Crippen LogP contribution < -0.4 is 10.1 Å². The Morgan fingerprint density at radius 1 is 1.10 bits per heavy atom. The summed E-state index contributed by atoms with van der Waals surface area (Å²) in [6.45, 7) is -0.199. The Bertz CT molecular complexity index is 597. The van der Waals surface area contributed by atoms with E-state index in [0.29, 0.717) is 21.5 Å². The van der Waals surface area contributed by atoms with E-state index in [1.165, 1.54) is 24.3 Å². The summed E-state index contributed by atoms with van der Waals surface area (Å²) < 4.78 is 17.9. The van der Waals surface area contributed by atoms with Gasteiger partial charge in [-0.2, -0.15) is 0 Å². The number of carbonyl (C=O) groups excluding carboxylic acids is 1. The SMILES string of the molecule is O=C(COc1ccc(F)cc1)Nc1cc(Cl)cc(Cl)c1. The number of benzene rings is 2. The van der Waals surface area contributed by atoms with E-state index in [2.05, 4.69) is 5.32 Å². The maximum absolute atomic E-state index is 12.7. The van der Waals surface area contributed by atoms with Gasteiger partial charge in [0.2, 0.25) is 0 Å². The van der Waals surface area contributed by atoms with Gasteiger partial charge in [-0.05, 0) is 42.5 Å². The van der Waals surface area contributed by atoms with Crippen LogP contribution in [0.25, 0.3) is 0 Å². The Morgan fingerprint density at radius 3 is 2.30 bits per heavy atom. The molecule has 0 spiro atoms. The Labute approximate surface area is 125 Å². The van der Waals surface area contributed by atoms with Crippen molar-refractivity contribution < 1.29 is 13.9 Å². The second-order valence-corrected chi connectivity index (χ2v) is 4.82. The van der Waals surface area contributed by atoms with Crippen molar-refractivity contribution in [2.75, 3.05) is 11.9 Å². The average Bonchev–Trinajstić information content (AvgIpc) is 2.37. The molecule has 2 aromatic rings. The van der Waals surface area contributed by atoms with E-state index in [4.69, 9.17) is 27.9 Å². The number of halogens is 3. The lowest BCUT2D eigenvalue weighted by molar-refractivity contribution is -0.118. The Morgan fingerprint density at radius 2 is 1.70 bits per heavy atom. The van der Waals surface area contributed by atoms with Crippen molar-refractivity contribution in [2.24, 2.45) is 0 Å². The molecule has 0 bridgehead atoms. The third kappa shape index (κ3) is 4.40. The highest BCUT2D eigenvalue weighted by Gasteiger charge is 2.05. The van der Waals surface area contributed by atoms with Crippen LogP contribution in [0.5, 0.6) is 5.75 Å². The summed E-state index contributed by atoms with van der Waals surface area (Å²) in [4.78, 5) is 11.7. The molecule has 0 saturated carbocycles. The molecule has 1 N–H and O–H groups in total. The first-order valence-electron chi connectivity index (χ1n) is 5.67. The molecule has 3 nitrogen and oxygen atoms in total. The standard InChI is InChI=1S/C14H10Cl2FNO2/c15-9-5-10(16)7-12(6-9)18-14(19)8-20-13-3-1-11(17)2-4-13/h1-7H,8H2,(H,18,19). The normalized spacial score (nSPS) is 10.2. The van der Waals surface area contributed by atoms with Gasteiger partial charge in [0.05, 0.1) is 0 Å². The highest BCUT2D eigenvalue weighted by molar-refractivity contribution is 6.35. The lowest BCUT2D eigenvalue weighted by atomic mass is 10.3. The van der Waals surface area contributed by atoms with E-state index in [0.717, 1.165) is 0 Å². The number of amides is 1. The number of hydrogen-bond acceptors (Lipinski definition) is 2. The van der Waals surface area contributed by atoms with Crippen LogP contribution in [0.15, 0.2) is 42.5 Å². The van der Waals surface area contributed by atoms with Crippen LogP contribution >= 0.6 is 23.2 Å². The molecule has 0 aliphatic heterocycles. The summed E-state index contributed by atoms with van der Waals surface area (Å²) in [5.74, 6) is -0.325. The van der Waals surface area contributed by atoms with Crippen molar-refractivity contribution in [1.82, 2.24) is 0 Å². The van der Waals surface area contributed by atoms with Crippen LogP contribution in [0.4, 0.5) is 10.1 Å². The molecular weight excluding hydrogens is 304 g/mol. The van der Waals surface area contributed by atoms with E-state index in [9.17, 15) is 9.18 Å². The highest BCUT2D eigenvalue weighted by atomic mass is 35.5. The van der Waals surface area contributed by atoms with E-state index in [-0.39, 0.29) is 18.3 Å². The lowest BCUT2D eigenvalue weighted by Gasteiger charge is -2.08. The van der Waals surface area contributed by atoms with Gasteiger partial charge in [-0.1, -0.05) is 23.2 Å². The molecule has 0 radical (unpaired) electrons.